The van der Waals surface area contributed by atoms with Crippen molar-refractivity contribution in [1.82, 2.24) is 20.4 Å². The Morgan fingerprint density at radius 2 is 2.10 bits per heavy atom. The van der Waals surface area contributed by atoms with Gasteiger partial charge < -0.3 is 20.6 Å². The number of halogens is 1. The molecule has 0 aliphatic carbocycles. The molecule has 29 heavy (non-hydrogen) atoms. The number of aliphatic hydroxyl groups is 1. The van der Waals surface area contributed by atoms with Crippen molar-refractivity contribution in [2.45, 2.75) is 38.8 Å². The summed E-state index contributed by atoms with van der Waals surface area (Å²) in [6.07, 6.45) is 4.61. The maximum Gasteiger partial charge on any atom is 0.191 e. The van der Waals surface area contributed by atoms with E-state index < -0.39 is 5.60 Å². The van der Waals surface area contributed by atoms with Crippen LogP contribution >= 0.6 is 24.0 Å². The summed E-state index contributed by atoms with van der Waals surface area (Å²) in [6, 6.07) is 8.95. The number of rotatable bonds is 7. The second-order valence-electron chi connectivity index (χ2n) is 7.67. The van der Waals surface area contributed by atoms with Crippen LogP contribution in [0.25, 0.3) is 0 Å². The average molecular weight is 512 g/mol. The smallest absolute Gasteiger partial charge is 0.191 e. The summed E-state index contributed by atoms with van der Waals surface area (Å²) in [5.74, 6) is 0.714. The van der Waals surface area contributed by atoms with Gasteiger partial charge in [-0.1, -0.05) is 18.2 Å². The fraction of sp³-hybridized carbons (Fsp3) is 0.524. The van der Waals surface area contributed by atoms with Crippen LogP contribution in [0.1, 0.15) is 31.9 Å². The van der Waals surface area contributed by atoms with Gasteiger partial charge in [0.2, 0.25) is 0 Å². The van der Waals surface area contributed by atoms with E-state index in [9.17, 15) is 5.11 Å². The van der Waals surface area contributed by atoms with Gasteiger partial charge >= 0.3 is 0 Å². The van der Waals surface area contributed by atoms with E-state index in [2.05, 4.69) is 56.8 Å². The van der Waals surface area contributed by atoms with Gasteiger partial charge in [0.15, 0.2) is 5.96 Å². The lowest BCUT2D eigenvalue weighted by Crippen LogP contribution is -2.46. The lowest BCUT2D eigenvalue weighted by molar-refractivity contribution is 0.0672. The highest BCUT2D eigenvalue weighted by molar-refractivity contribution is 14.0. The first-order chi connectivity index (χ1) is 13.4. The minimum atomic E-state index is -1.06. The van der Waals surface area contributed by atoms with E-state index in [0.29, 0.717) is 12.0 Å². The highest BCUT2D eigenvalue weighted by atomic mass is 127. The molecular weight excluding hydrogens is 479 g/mol. The standard InChI is InChI=1S/C21H32N6O.HI/c1-5-22-20(24-15-21(3,28)18-13-25-26(4)14-18)23-12-16(2)27-11-10-17-8-6-7-9-19(17)27;/h6-9,13-14,16,28H,5,10-12,15H2,1-4H3,(H2,22,23,24);1H. The van der Waals surface area contributed by atoms with Crippen molar-refractivity contribution >= 4 is 35.6 Å². The van der Waals surface area contributed by atoms with Gasteiger partial charge in [-0.15, -0.1) is 24.0 Å². The molecule has 7 nitrogen and oxygen atoms in total. The molecule has 8 heteroatoms. The zero-order chi connectivity index (χ0) is 20.1. The second kappa shape index (κ2) is 10.3. The van der Waals surface area contributed by atoms with Gasteiger partial charge in [0.05, 0.1) is 12.7 Å². The zero-order valence-corrected chi connectivity index (χ0v) is 20.1. The van der Waals surface area contributed by atoms with Crippen molar-refractivity contribution in [2.24, 2.45) is 12.0 Å². The van der Waals surface area contributed by atoms with E-state index in [4.69, 9.17) is 0 Å². The van der Waals surface area contributed by atoms with E-state index in [1.165, 1.54) is 11.3 Å². The molecule has 0 bridgehead atoms. The van der Waals surface area contributed by atoms with Crippen LogP contribution in [0, 0.1) is 0 Å². The maximum absolute atomic E-state index is 10.8. The predicted molar refractivity (Wildman–Crippen MR) is 129 cm³/mol. The van der Waals surface area contributed by atoms with Crippen LogP contribution in [-0.2, 0) is 19.1 Å². The van der Waals surface area contributed by atoms with Crippen molar-refractivity contribution < 1.29 is 5.11 Å². The second-order valence-corrected chi connectivity index (χ2v) is 7.67. The van der Waals surface area contributed by atoms with E-state index in [1.807, 2.05) is 20.2 Å². The van der Waals surface area contributed by atoms with Crippen molar-refractivity contribution in [3.05, 3.63) is 47.8 Å². The number of hydrogen-bond acceptors (Lipinski definition) is 4. The van der Waals surface area contributed by atoms with Gasteiger partial charge in [-0.3, -0.25) is 4.68 Å². The van der Waals surface area contributed by atoms with Crippen LogP contribution in [0.15, 0.2) is 41.7 Å². The summed E-state index contributed by atoms with van der Waals surface area (Å²) in [4.78, 5) is 7.04. The van der Waals surface area contributed by atoms with Gasteiger partial charge in [0.25, 0.3) is 0 Å². The molecular formula is C21H33IN6O. The summed E-state index contributed by atoms with van der Waals surface area (Å²) >= 11 is 0. The van der Waals surface area contributed by atoms with Crippen molar-refractivity contribution in [3.63, 3.8) is 0 Å². The van der Waals surface area contributed by atoms with Crippen LogP contribution in [0.3, 0.4) is 0 Å². The molecule has 2 heterocycles. The van der Waals surface area contributed by atoms with Gasteiger partial charge in [-0.2, -0.15) is 5.10 Å². The highest BCUT2D eigenvalue weighted by Crippen LogP contribution is 2.28. The molecule has 1 aromatic carbocycles. The van der Waals surface area contributed by atoms with Crippen molar-refractivity contribution in [1.29, 1.82) is 0 Å². The Kier molecular flexibility index (Phi) is 8.33. The number of anilines is 1. The lowest BCUT2D eigenvalue weighted by Gasteiger charge is -2.28. The molecule has 0 saturated heterocycles. The Morgan fingerprint density at radius 3 is 2.79 bits per heavy atom. The third-order valence-corrected chi connectivity index (χ3v) is 5.24. The van der Waals surface area contributed by atoms with Crippen molar-refractivity contribution in [2.75, 3.05) is 31.1 Å². The van der Waals surface area contributed by atoms with Crippen molar-refractivity contribution in [3.8, 4) is 0 Å². The van der Waals surface area contributed by atoms with Gasteiger partial charge in [0, 0.05) is 50.2 Å². The number of para-hydroxylation sites is 1. The molecule has 1 aliphatic heterocycles. The Hall–Kier alpha value is -1.81. The molecule has 3 N–H and O–H groups in total. The number of guanidine groups is 1. The number of hydrogen-bond donors (Lipinski definition) is 3. The van der Waals surface area contributed by atoms with Crippen LogP contribution in [0.4, 0.5) is 5.69 Å². The molecule has 2 atom stereocenters. The first kappa shape index (κ1) is 23.5. The van der Waals surface area contributed by atoms with E-state index in [1.54, 1.807) is 17.8 Å². The number of nitrogens with zero attached hydrogens (tertiary/aromatic N) is 4. The predicted octanol–water partition coefficient (Wildman–Crippen LogP) is 2.25. The van der Waals surface area contributed by atoms with Crippen LogP contribution in [0.2, 0.25) is 0 Å². The maximum atomic E-state index is 10.8. The van der Waals surface area contributed by atoms with Crippen LogP contribution in [0.5, 0.6) is 0 Å². The molecule has 0 saturated carbocycles. The Morgan fingerprint density at radius 1 is 1.34 bits per heavy atom. The molecule has 0 amide bonds. The molecule has 160 valence electrons. The zero-order valence-electron chi connectivity index (χ0n) is 17.7. The average Bonchev–Trinajstić information content (AvgIpc) is 3.30. The molecule has 2 aromatic rings. The van der Waals surface area contributed by atoms with Gasteiger partial charge in [0.1, 0.15) is 5.60 Å². The summed E-state index contributed by atoms with van der Waals surface area (Å²) in [5, 5.41) is 21.6. The van der Waals surface area contributed by atoms with Gasteiger partial charge in [-0.05, 0) is 38.8 Å². The minimum absolute atomic E-state index is 0. The summed E-state index contributed by atoms with van der Waals surface area (Å²) in [5.41, 5.74) is 2.45. The molecule has 2 unspecified atom stereocenters. The molecule has 1 aliphatic rings. The fourth-order valence-corrected chi connectivity index (χ4v) is 3.54. The summed E-state index contributed by atoms with van der Waals surface area (Å²) in [6.45, 7) is 8.87. The number of aromatic nitrogens is 2. The van der Waals surface area contributed by atoms with E-state index in [-0.39, 0.29) is 30.5 Å². The SMILES string of the molecule is CCNC(=NCC(C)(O)c1cnn(C)c1)NCC(C)N1CCc2ccccc21.I. The first-order valence-corrected chi connectivity index (χ1v) is 9.99. The highest BCUT2D eigenvalue weighted by Gasteiger charge is 2.25. The van der Waals surface area contributed by atoms with Gasteiger partial charge in [-0.25, -0.2) is 4.99 Å². The Labute approximate surface area is 190 Å². The number of fused-ring (bicyclic) bond motifs is 1. The largest absolute Gasteiger partial charge is 0.383 e. The number of benzene rings is 1. The van der Waals surface area contributed by atoms with Crippen LogP contribution < -0.4 is 15.5 Å². The number of aliphatic imine (C=N–C) groups is 1. The molecule has 0 spiro atoms. The minimum Gasteiger partial charge on any atom is -0.383 e. The fourth-order valence-electron chi connectivity index (χ4n) is 3.54. The molecule has 0 fully saturated rings. The monoisotopic (exact) mass is 512 g/mol. The van der Waals surface area contributed by atoms with E-state index >= 15 is 0 Å². The Bertz CT molecular complexity index is 819. The third kappa shape index (κ3) is 5.85. The van der Waals surface area contributed by atoms with Crippen LogP contribution in [-0.4, -0.2) is 53.1 Å². The summed E-state index contributed by atoms with van der Waals surface area (Å²) in [7, 11) is 1.84. The molecule has 1 aromatic heterocycles. The lowest BCUT2D eigenvalue weighted by atomic mass is 10.0. The first-order valence-electron chi connectivity index (χ1n) is 9.99. The third-order valence-electron chi connectivity index (χ3n) is 5.24. The number of aryl methyl sites for hydroxylation is 1. The molecule has 0 radical (unpaired) electrons. The topological polar surface area (TPSA) is 77.7 Å². The normalized spacial score (nSPS) is 16.6. The molecule has 3 rings (SSSR count). The summed E-state index contributed by atoms with van der Waals surface area (Å²) < 4.78 is 1.69. The quantitative estimate of drug-likeness (QED) is 0.302. The number of nitrogens with one attached hydrogen (secondary N) is 2. The van der Waals surface area contributed by atoms with E-state index in [0.717, 1.165) is 31.6 Å². The Balaban J connectivity index is 0.00000300.